The smallest absolute Gasteiger partial charge is 0.148 e. The van der Waals surface area contributed by atoms with Crippen molar-refractivity contribution in [3.63, 3.8) is 0 Å². The van der Waals surface area contributed by atoms with Gasteiger partial charge in [-0.25, -0.2) is 4.68 Å². The van der Waals surface area contributed by atoms with E-state index >= 15 is 0 Å². The van der Waals surface area contributed by atoms with Gasteiger partial charge in [0.25, 0.3) is 0 Å². The summed E-state index contributed by atoms with van der Waals surface area (Å²) >= 11 is 0. The van der Waals surface area contributed by atoms with E-state index in [1.54, 1.807) is 6.33 Å². The van der Waals surface area contributed by atoms with E-state index in [0.717, 1.165) is 30.3 Å². The van der Waals surface area contributed by atoms with E-state index in [1.165, 1.54) is 0 Å². The number of hydrogen-bond acceptors (Lipinski definition) is 5. The van der Waals surface area contributed by atoms with Gasteiger partial charge in [-0.1, -0.05) is 0 Å². The van der Waals surface area contributed by atoms with Crippen molar-refractivity contribution in [2.45, 2.75) is 33.2 Å². The van der Waals surface area contributed by atoms with E-state index in [-0.39, 0.29) is 6.04 Å². The number of aryl methyl sites for hydroxylation is 2. The van der Waals surface area contributed by atoms with Gasteiger partial charge < -0.3 is 15.6 Å². The second-order valence-electron chi connectivity index (χ2n) is 4.92. The molecule has 2 aromatic heterocycles. The lowest BCUT2D eigenvalue weighted by Gasteiger charge is -2.13. The van der Waals surface area contributed by atoms with Crippen molar-refractivity contribution >= 4 is 11.5 Å². The standard InChI is InChI=1S/C12H21N7/c1-8(2)19-12(11(13)9(3)17-19)14-6-5-10-16-15-7-18(10)4/h7-8,14H,5-6,13H2,1-4H3. The fourth-order valence-electron chi connectivity index (χ4n) is 1.94. The lowest BCUT2D eigenvalue weighted by Crippen LogP contribution is -2.14. The minimum Gasteiger partial charge on any atom is -0.394 e. The van der Waals surface area contributed by atoms with Crippen molar-refractivity contribution < 1.29 is 0 Å². The first kappa shape index (κ1) is 13.4. The SMILES string of the molecule is Cc1nn(C(C)C)c(NCCc2nncn2C)c1N. The topological polar surface area (TPSA) is 86.6 Å². The number of hydrogen-bond donors (Lipinski definition) is 2. The lowest BCUT2D eigenvalue weighted by molar-refractivity contribution is 0.534. The van der Waals surface area contributed by atoms with Crippen LogP contribution in [0.1, 0.15) is 31.4 Å². The van der Waals surface area contributed by atoms with Crippen LogP contribution in [-0.2, 0) is 13.5 Å². The summed E-state index contributed by atoms with van der Waals surface area (Å²) in [4.78, 5) is 0. The summed E-state index contributed by atoms with van der Waals surface area (Å²) in [6.07, 6.45) is 2.49. The van der Waals surface area contributed by atoms with Gasteiger partial charge in [0, 0.05) is 26.1 Å². The maximum atomic E-state index is 6.05. The first-order valence-corrected chi connectivity index (χ1v) is 6.42. The Balaban J connectivity index is 2.05. The van der Waals surface area contributed by atoms with Gasteiger partial charge in [0.15, 0.2) is 0 Å². The van der Waals surface area contributed by atoms with E-state index in [9.17, 15) is 0 Å². The van der Waals surface area contributed by atoms with Crippen LogP contribution in [0.25, 0.3) is 0 Å². The highest BCUT2D eigenvalue weighted by atomic mass is 15.4. The molecule has 0 atom stereocenters. The third-order valence-corrected chi connectivity index (χ3v) is 3.07. The highest BCUT2D eigenvalue weighted by molar-refractivity contribution is 5.64. The minimum absolute atomic E-state index is 0.272. The Hall–Kier alpha value is -2.05. The molecule has 2 aromatic rings. The van der Waals surface area contributed by atoms with Gasteiger partial charge in [0.1, 0.15) is 18.0 Å². The van der Waals surface area contributed by atoms with Gasteiger partial charge in [0.05, 0.1) is 11.4 Å². The molecule has 3 N–H and O–H groups in total. The van der Waals surface area contributed by atoms with Crippen molar-refractivity contribution in [2.24, 2.45) is 7.05 Å². The fourth-order valence-corrected chi connectivity index (χ4v) is 1.94. The number of nitrogen functional groups attached to an aromatic ring is 1. The molecule has 0 amide bonds. The van der Waals surface area contributed by atoms with Crippen molar-refractivity contribution in [3.05, 3.63) is 17.8 Å². The Morgan fingerprint density at radius 2 is 2.16 bits per heavy atom. The van der Waals surface area contributed by atoms with E-state index in [2.05, 4.69) is 34.5 Å². The van der Waals surface area contributed by atoms with Crippen LogP contribution in [0.2, 0.25) is 0 Å². The highest BCUT2D eigenvalue weighted by Gasteiger charge is 2.14. The molecule has 0 aliphatic heterocycles. The van der Waals surface area contributed by atoms with E-state index < -0.39 is 0 Å². The third-order valence-electron chi connectivity index (χ3n) is 3.07. The highest BCUT2D eigenvalue weighted by Crippen LogP contribution is 2.25. The Kier molecular flexibility index (Phi) is 3.73. The van der Waals surface area contributed by atoms with Gasteiger partial charge in [-0.05, 0) is 20.8 Å². The molecule has 7 heteroatoms. The van der Waals surface area contributed by atoms with Crippen LogP contribution in [0.15, 0.2) is 6.33 Å². The largest absolute Gasteiger partial charge is 0.394 e. The first-order valence-electron chi connectivity index (χ1n) is 6.42. The molecule has 0 spiro atoms. The van der Waals surface area contributed by atoms with Crippen LogP contribution in [0.4, 0.5) is 11.5 Å². The Labute approximate surface area is 112 Å². The zero-order valence-electron chi connectivity index (χ0n) is 11.9. The molecule has 2 rings (SSSR count). The maximum Gasteiger partial charge on any atom is 0.148 e. The quantitative estimate of drug-likeness (QED) is 0.844. The van der Waals surface area contributed by atoms with E-state index in [0.29, 0.717) is 5.69 Å². The van der Waals surface area contributed by atoms with Crippen LogP contribution in [-0.4, -0.2) is 31.1 Å². The zero-order valence-corrected chi connectivity index (χ0v) is 11.9. The second-order valence-corrected chi connectivity index (χ2v) is 4.92. The molecule has 0 unspecified atom stereocenters. The molecule has 0 aliphatic carbocycles. The molecule has 0 fully saturated rings. The molecule has 2 heterocycles. The normalized spacial score (nSPS) is 11.2. The molecule has 7 nitrogen and oxygen atoms in total. The zero-order chi connectivity index (χ0) is 14.0. The van der Waals surface area contributed by atoms with Gasteiger partial charge in [-0.2, -0.15) is 5.10 Å². The average Bonchev–Trinajstić information content (AvgIpc) is 2.88. The molecular formula is C12H21N7. The summed E-state index contributed by atoms with van der Waals surface area (Å²) < 4.78 is 3.83. The van der Waals surface area contributed by atoms with Gasteiger partial charge >= 0.3 is 0 Å². The minimum atomic E-state index is 0.272. The van der Waals surface area contributed by atoms with Crippen LogP contribution in [0.3, 0.4) is 0 Å². The Morgan fingerprint density at radius 1 is 1.42 bits per heavy atom. The molecule has 0 saturated carbocycles. The molecule has 0 saturated heterocycles. The fraction of sp³-hybridized carbons (Fsp3) is 0.583. The molecule has 0 aromatic carbocycles. The molecule has 0 aliphatic rings. The molecule has 0 bridgehead atoms. The Morgan fingerprint density at radius 3 is 2.74 bits per heavy atom. The van der Waals surface area contributed by atoms with E-state index in [1.807, 2.05) is 23.2 Å². The van der Waals surface area contributed by atoms with Crippen molar-refractivity contribution in [3.8, 4) is 0 Å². The van der Waals surface area contributed by atoms with Crippen molar-refractivity contribution in [2.75, 3.05) is 17.6 Å². The summed E-state index contributed by atoms with van der Waals surface area (Å²) in [6, 6.07) is 0.272. The van der Waals surface area contributed by atoms with Gasteiger partial charge in [-0.3, -0.25) is 0 Å². The molecule has 0 radical (unpaired) electrons. The third kappa shape index (κ3) is 2.69. The molecule has 104 valence electrons. The number of anilines is 2. The number of nitrogens with one attached hydrogen (secondary N) is 1. The maximum absolute atomic E-state index is 6.05. The monoisotopic (exact) mass is 263 g/mol. The summed E-state index contributed by atoms with van der Waals surface area (Å²) in [5.41, 5.74) is 7.62. The van der Waals surface area contributed by atoms with Crippen molar-refractivity contribution in [1.82, 2.24) is 24.5 Å². The summed E-state index contributed by atoms with van der Waals surface area (Å²) in [7, 11) is 1.94. The summed E-state index contributed by atoms with van der Waals surface area (Å²) in [5, 5.41) is 15.7. The van der Waals surface area contributed by atoms with Crippen LogP contribution < -0.4 is 11.1 Å². The predicted molar refractivity (Wildman–Crippen MR) is 75.0 cm³/mol. The summed E-state index contributed by atoms with van der Waals surface area (Å²) in [5.74, 6) is 1.83. The van der Waals surface area contributed by atoms with Gasteiger partial charge in [0.2, 0.25) is 0 Å². The van der Waals surface area contributed by atoms with E-state index in [4.69, 9.17) is 5.73 Å². The number of aromatic nitrogens is 5. The number of nitrogens with two attached hydrogens (primary N) is 1. The van der Waals surface area contributed by atoms with Crippen LogP contribution in [0.5, 0.6) is 0 Å². The van der Waals surface area contributed by atoms with Crippen LogP contribution in [0, 0.1) is 6.92 Å². The second kappa shape index (κ2) is 5.29. The molecule has 19 heavy (non-hydrogen) atoms. The predicted octanol–water partition coefficient (Wildman–Crippen LogP) is 1.14. The molecular weight excluding hydrogens is 242 g/mol. The van der Waals surface area contributed by atoms with Crippen LogP contribution >= 0.6 is 0 Å². The summed E-state index contributed by atoms with van der Waals surface area (Å²) in [6.45, 7) is 6.83. The first-order chi connectivity index (χ1) is 9.00. The Bertz CT molecular complexity index is 552. The van der Waals surface area contributed by atoms with Crippen molar-refractivity contribution in [1.29, 1.82) is 0 Å². The lowest BCUT2D eigenvalue weighted by atomic mass is 10.3. The van der Waals surface area contributed by atoms with Gasteiger partial charge in [-0.15, -0.1) is 10.2 Å². The average molecular weight is 263 g/mol. The number of nitrogens with zero attached hydrogens (tertiary/aromatic N) is 5. The number of rotatable bonds is 5.